The smallest absolute Gasteiger partial charge is 0.384 e. The van der Waals surface area contributed by atoms with Gasteiger partial charge in [0.1, 0.15) is 12.0 Å². The molecule has 0 fully saturated rings. The fraction of sp³-hybridized carbons (Fsp3) is 0.400. The van der Waals surface area contributed by atoms with Crippen LogP contribution in [0.5, 0.6) is 0 Å². The molecule has 0 aliphatic carbocycles. The van der Waals surface area contributed by atoms with E-state index in [0.29, 0.717) is 6.29 Å². The molecule has 0 saturated carbocycles. The van der Waals surface area contributed by atoms with Crippen LogP contribution in [0, 0.1) is 0 Å². The Morgan fingerprint density at radius 2 is 2.19 bits per heavy atom. The summed E-state index contributed by atoms with van der Waals surface area (Å²) in [6, 6.07) is 3.45. The number of carbonyl (C=O) groups is 1. The summed E-state index contributed by atoms with van der Waals surface area (Å²) < 4.78 is 41.7. The van der Waals surface area contributed by atoms with E-state index in [1.165, 1.54) is 19.2 Å². The fourth-order valence-electron chi connectivity index (χ4n) is 1.19. The van der Waals surface area contributed by atoms with Crippen molar-refractivity contribution in [3.63, 3.8) is 0 Å². The summed E-state index contributed by atoms with van der Waals surface area (Å²) in [6.07, 6.45) is -3.98. The standard InChI is InChI=1S/C10H10F3NO2/c1-16-6-7(5-15)8-3-2-4-9(14-8)10(11,12)13/h2-5,7H,6H2,1H3. The number of ether oxygens (including phenoxy) is 1. The molecule has 0 radical (unpaired) electrons. The molecule has 16 heavy (non-hydrogen) atoms. The van der Waals surface area contributed by atoms with Gasteiger partial charge in [0.2, 0.25) is 0 Å². The van der Waals surface area contributed by atoms with Gasteiger partial charge in [-0.05, 0) is 12.1 Å². The SMILES string of the molecule is COCC(C=O)c1cccc(C(F)(F)F)n1. The zero-order valence-corrected chi connectivity index (χ0v) is 8.49. The van der Waals surface area contributed by atoms with Crippen LogP contribution in [0.25, 0.3) is 0 Å². The minimum atomic E-state index is -4.50. The molecule has 1 atom stereocenters. The van der Waals surface area contributed by atoms with E-state index in [4.69, 9.17) is 4.74 Å². The van der Waals surface area contributed by atoms with Crippen LogP contribution < -0.4 is 0 Å². The van der Waals surface area contributed by atoms with Crippen molar-refractivity contribution >= 4 is 6.29 Å². The lowest BCUT2D eigenvalue weighted by Gasteiger charge is -2.11. The van der Waals surface area contributed by atoms with Gasteiger partial charge in [-0.1, -0.05) is 6.07 Å². The van der Waals surface area contributed by atoms with E-state index in [1.807, 2.05) is 0 Å². The predicted molar refractivity (Wildman–Crippen MR) is 49.9 cm³/mol. The molecule has 88 valence electrons. The number of hydrogen-bond donors (Lipinski definition) is 0. The Morgan fingerprint density at radius 1 is 1.50 bits per heavy atom. The zero-order valence-electron chi connectivity index (χ0n) is 8.49. The molecule has 3 nitrogen and oxygen atoms in total. The van der Waals surface area contributed by atoms with Gasteiger partial charge in [0.05, 0.1) is 18.2 Å². The number of aldehydes is 1. The first-order chi connectivity index (χ1) is 7.49. The first kappa shape index (κ1) is 12.6. The minimum Gasteiger partial charge on any atom is -0.384 e. The number of nitrogens with zero attached hydrogens (tertiary/aromatic N) is 1. The molecule has 0 aliphatic rings. The Balaban J connectivity index is 3.01. The minimum absolute atomic E-state index is 0.0117. The van der Waals surface area contributed by atoms with E-state index in [-0.39, 0.29) is 12.3 Å². The Morgan fingerprint density at radius 3 is 2.69 bits per heavy atom. The lowest BCUT2D eigenvalue weighted by molar-refractivity contribution is -0.141. The average Bonchev–Trinajstić information content (AvgIpc) is 2.25. The van der Waals surface area contributed by atoms with Gasteiger partial charge >= 0.3 is 6.18 Å². The second-order valence-corrected chi connectivity index (χ2v) is 3.14. The number of alkyl halides is 3. The highest BCUT2D eigenvalue weighted by Gasteiger charge is 2.32. The maximum Gasteiger partial charge on any atom is 0.433 e. The Bertz CT molecular complexity index is 365. The van der Waals surface area contributed by atoms with Crippen LogP contribution in [0.4, 0.5) is 13.2 Å². The largest absolute Gasteiger partial charge is 0.433 e. The number of aromatic nitrogens is 1. The monoisotopic (exact) mass is 233 g/mol. The first-order valence-electron chi connectivity index (χ1n) is 4.47. The highest BCUT2D eigenvalue weighted by Crippen LogP contribution is 2.28. The summed E-state index contributed by atoms with van der Waals surface area (Å²) >= 11 is 0. The summed E-state index contributed by atoms with van der Waals surface area (Å²) in [5.41, 5.74) is -0.945. The summed E-state index contributed by atoms with van der Waals surface area (Å²) in [7, 11) is 1.37. The number of hydrogen-bond acceptors (Lipinski definition) is 3. The normalized spacial score (nSPS) is 13.5. The van der Waals surface area contributed by atoms with Gasteiger partial charge in [0.25, 0.3) is 0 Å². The number of pyridine rings is 1. The quantitative estimate of drug-likeness (QED) is 0.747. The van der Waals surface area contributed by atoms with E-state index in [0.717, 1.165) is 6.07 Å². The van der Waals surface area contributed by atoms with Crippen molar-refractivity contribution in [2.24, 2.45) is 0 Å². The third-order valence-electron chi connectivity index (χ3n) is 1.95. The maximum atomic E-state index is 12.3. The third kappa shape index (κ3) is 3.03. The predicted octanol–water partition coefficient (Wildman–Crippen LogP) is 2.03. The zero-order chi connectivity index (χ0) is 12.2. The molecule has 0 spiro atoms. The molecule has 0 saturated heterocycles. The molecule has 1 aromatic heterocycles. The van der Waals surface area contributed by atoms with Crippen LogP contribution in [-0.2, 0) is 15.7 Å². The summed E-state index contributed by atoms with van der Waals surface area (Å²) in [5, 5.41) is 0. The number of halogens is 3. The molecule has 1 rings (SSSR count). The van der Waals surface area contributed by atoms with Crippen LogP contribution >= 0.6 is 0 Å². The molecule has 1 unspecified atom stereocenters. The van der Waals surface area contributed by atoms with Crippen LogP contribution in [0.3, 0.4) is 0 Å². The average molecular weight is 233 g/mol. The van der Waals surface area contributed by atoms with E-state index >= 15 is 0 Å². The Hall–Kier alpha value is -1.43. The third-order valence-corrected chi connectivity index (χ3v) is 1.95. The number of carbonyl (C=O) groups excluding carboxylic acids is 1. The van der Waals surface area contributed by atoms with Crippen molar-refractivity contribution in [3.05, 3.63) is 29.6 Å². The molecule has 0 aromatic carbocycles. The second-order valence-electron chi connectivity index (χ2n) is 3.14. The molecule has 0 amide bonds. The molecule has 1 aromatic rings. The van der Waals surface area contributed by atoms with Crippen molar-refractivity contribution in [1.29, 1.82) is 0 Å². The molecule has 0 bridgehead atoms. The van der Waals surface area contributed by atoms with E-state index in [1.54, 1.807) is 0 Å². The van der Waals surface area contributed by atoms with Crippen LogP contribution in [-0.4, -0.2) is 25.0 Å². The van der Waals surface area contributed by atoms with Crippen molar-refractivity contribution in [3.8, 4) is 0 Å². The highest BCUT2D eigenvalue weighted by atomic mass is 19.4. The van der Waals surface area contributed by atoms with Gasteiger partial charge in [-0.3, -0.25) is 0 Å². The molecular weight excluding hydrogens is 223 g/mol. The van der Waals surface area contributed by atoms with E-state index < -0.39 is 17.8 Å². The van der Waals surface area contributed by atoms with Gasteiger partial charge in [0.15, 0.2) is 0 Å². The van der Waals surface area contributed by atoms with Gasteiger partial charge < -0.3 is 9.53 Å². The van der Waals surface area contributed by atoms with Crippen LogP contribution in [0.2, 0.25) is 0 Å². The second kappa shape index (κ2) is 5.07. The summed E-state index contributed by atoms with van der Waals surface area (Å²) in [4.78, 5) is 14.1. The molecule has 0 aliphatic heterocycles. The van der Waals surface area contributed by atoms with Crippen LogP contribution in [0.15, 0.2) is 18.2 Å². The lowest BCUT2D eigenvalue weighted by atomic mass is 10.1. The van der Waals surface area contributed by atoms with E-state index in [2.05, 4.69) is 4.98 Å². The first-order valence-corrected chi connectivity index (χ1v) is 4.47. The van der Waals surface area contributed by atoms with Gasteiger partial charge in [0, 0.05) is 7.11 Å². The molecular formula is C10H10F3NO2. The lowest BCUT2D eigenvalue weighted by Crippen LogP contribution is -2.14. The fourth-order valence-corrected chi connectivity index (χ4v) is 1.19. The highest BCUT2D eigenvalue weighted by molar-refractivity contribution is 5.61. The van der Waals surface area contributed by atoms with Crippen molar-refractivity contribution < 1.29 is 22.7 Å². The van der Waals surface area contributed by atoms with Crippen molar-refractivity contribution in [2.75, 3.05) is 13.7 Å². The number of methoxy groups -OCH3 is 1. The summed E-state index contributed by atoms with van der Waals surface area (Å²) in [5.74, 6) is -0.771. The molecule has 6 heteroatoms. The molecule has 0 N–H and O–H groups in total. The van der Waals surface area contributed by atoms with Crippen LogP contribution in [0.1, 0.15) is 17.3 Å². The van der Waals surface area contributed by atoms with Crippen molar-refractivity contribution in [2.45, 2.75) is 12.1 Å². The maximum absolute atomic E-state index is 12.3. The Kier molecular flexibility index (Phi) is 4.00. The van der Waals surface area contributed by atoms with Gasteiger partial charge in [-0.2, -0.15) is 13.2 Å². The Labute approximate surface area is 90.2 Å². The van der Waals surface area contributed by atoms with Crippen molar-refractivity contribution in [1.82, 2.24) is 4.98 Å². The molecule has 1 heterocycles. The summed E-state index contributed by atoms with van der Waals surface area (Å²) in [6.45, 7) is 0.0117. The number of rotatable bonds is 4. The topological polar surface area (TPSA) is 39.2 Å². The van der Waals surface area contributed by atoms with Gasteiger partial charge in [-0.25, -0.2) is 4.98 Å². The van der Waals surface area contributed by atoms with Gasteiger partial charge in [-0.15, -0.1) is 0 Å². The van der Waals surface area contributed by atoms with E-state index in [9.17, 15) is 18.0 Å².